The zero-order valence-electron chi connectivity index (χ0n) is 36.5. The minimum atomic E-state index is -5.24. The van der Waals surface area contributed by atoms with Crippen LogP contribution < -0.4 is 29.6 Å². The van der Waals surface area contributed by atoms with Gasteiger partial charge < -0.3 is 18.9 Å². The monoisotopic (exact) mass is 991 g/mol. The van der Waals surface area contributed by atoms with Crippen molar-refractivity contribution in [1.82, 2.24) is 4.67 Å². The molecule has 0 saturated heterocycles. The summed E-state index contributed by atoms with van der Waals surface area (Å²) in [4.78, 5) is 0. The maximum Gasteiger partial charge on any atom is 0.573 e. The maximum absolute atomic E-state index is 16.6. The van der Waals surface area contributed by atoms with Gasteiger partial charge in [-0.1, -0.05) is 78.9 Å². The van der Waals surface area contributed by atoms with Crippen LogP contribution in [0.5, 0.6) is 23.0 Å². The Hall–Kier alpha value is -6.65. The Morgan fingerprint density at radius 1 is 0.406 bits per heavy atom. The zero-order valence-corrected chi connectivity index (χ0v) is 37.4. The topological polar surface area (TPSA) is 57.2 Å². The molecule has 362 valence electrons. The number of alkyl halides is 12. The molecule has 19 heteroatoms. The number of hydrogen-bond acceptors (Lipinski definition) is 5. The third-order valence-electron chi connectivity index (χ3n) is 10.6. The first-order valence-electron chi connectivity index (χ1n) is 20.7. The Balaban J connectivity index is 1.73. The standard InChI is InChI=1S/C50H38F12NO5P/c1-29(2)63(30(3)4)69(64,38-10-6-5-7-11-38)42-13-9-8-12-40(42)46-39-27-26-37(68-50(60,61)62)28-41(39)43(31-14-20-34(21-15-31)65-47(51,52)53)44(32-16-22-35(23-17-32)66-48(54,55)56)45(46)33-18-24-36(25-19-33)67-49(57,58)59/h5-30H,1-4H3/t69-/m1/s1. The lowest BCUT2D eigenvalue weighted by Crippen LogP contribution is -2.41. The summed E-state index contributed by atoms with van der Waals surface area (Å²) in [7, 11) is -4.03. The Morgan fingerprint density at radius 2 is 0.768 bits per heavy atom. The highest BCUT2D eigenvalue weighted by Gasteiger charge is 2.41. The highest BCUT2D eigenvalue weighted by atomic mass is 31.2. The largest absolute Gasteiger partial charge is 0.573 e. The fraction of sp³-hybridized carbons (Fsp3) is 0.200. The van der Waals surface area contributed by atoms with Crippen LogP contribution in [0, 0.1) is 0 Å². The van der Waals surface area contributed by atoms with Crippen molar-refractivity contribution in [3.05, 3.63) is 146 Å². The van der Waals surface area contributed by atoms with E-state index in [2.05, 4.69) is 18.9 Å². The van der Waals surface area contributed by atoms with Crippen molar-refractivity contribution in [3.63, 3.8) is 0 Å². The Labute approximate surface area is 387 Å². The number of hydrogen-bond donors (Lipinski definition) is 0. The molecule has 7 rings (SSSR count). The van der Waals surface area contributed by atoms with Gasteiger partial charge in [0.05, 0.1) is 0 Å². The van der Waals surface area contributed by atoms with E-state index in [1.54, 1.807) is 54.6 Å². The number of fused-ring (bicyclic) bond motifs is 1. The Kier molecular flexibility index (Phi) is 13.9. The van der Waals surface area contributed by atoms with Gasteiger partial charge in [-0.2, -0.15) is 0 Å². The van der Waals surface area contributed by atoms with Crippen LogP contribution in [0.2, 0.25) is 0 Å². The fourth-order valence-corrected chi connectivity index (χ4v) is 12.0. The molecule has 0 aliphatic carbocycles. The van der Waals surface area contributed by atoms with Gasteiger partial charge in [-0.3, -0.25) is 4.57 Å². The first-order valence-corrected chi connectivity index (χ1v) is 22.4. The van der Waals surface area contributed by atoms with Crippen LogP contribution in [0.25, 0.3) is 55.3 Å². The van der Waals surface area contributed by atoms with Gasteiger partial charge in [-0.25, -0.2) is 4.67 Å². The van der Waals surface area contributed by atoms with Crippen LogP contribution in [0.15, 0.2) is 146 Å². The minimum absolute atomic E-state index is 0.00289. The number of rotatable bonds is 13. The molecule has 0 aliphatic heterocycles. The smallest absolute Gasteiger partial charge is 0.406 e. The van der Waals surface area contributed by atoms with E-state index in [1.165, 1.54) is 42.5 Å². The van der Waals surface area contributed by atoms with Gasteiger partial charge >= 0.3 is 25.4 Å². The molecular formula is C50H38F12NO5P. The van der Waals surface area contributed by atoms with Crippen molar-refractivity contribution < 1.29 is 76.2 Å². The van der Waals surface area contributed by atoms with Gasteiger partial charge in [-0.15, -0.1) is 52.7 Å². The van der Waals surface area contributed by atoms with E-state index >= 15 is 4.57 Å². The lowest BCUT2D eigenvalue weighted by Gasteiger charge is -2.39. The number of ether oxygens (including phenoxy) is 4. The highest BCUT2D eigenvalue weighted by molar-refractivity contribution is 7.76. The minimum Gasteiger partial charge on any atom is -0.406 e. The van der Waals surface area contributed by atoms with Gasteiger partial charge in [0.1, 0.15) is 23.0 Å². The average Bonchev–Trinajstić information content (AvgIpc) is 3.24. The number of halogens is 12. The van der Waals surface area contributed by atoms with E-state index in [1.807, 2.05) is 32.4 Å². The second-order valence-corrected chi connectivity index (χ2v) is 18.6. The molecule has 7 aromatic rings. The van der Waals surface area contributed by atoms with E-state index < -0.39 is 55.7 Å². The quantitative estimate of drug-likeness (QED) is 0.0847. The van der Waals surface area contributed by atoms with Crippen LogP contribution in [0.1, 0.15) is 27.7 Å². The highest BCUT2D eigenvalue weighted by Crippen LogP contribution is 2.57. The van der Waals surface area contributed by atoms with E-state index in [9.17, 15) is 52.7 Å². The van der Waals surface area contributed by atoms with E-state index in [-0.39, 0.29) is 72.7 Å². The lowest BCUT2D eigenvalue weighted by atomic mass is 9.79. The zero-order chi connectivity index (χ0) is 50.3. The van der Waals surface area contributed by atoms with E-state index in [0.29, 0.717) is 5.30 Å². The average molecular weight is 992 g/mol. The molecule has 0 fully saturated rings. The molecule has 0 heterocycles. The Morgan fingerprint density at radius 3 is 1.19 bits per heavy atom. The van der Waals surface area contributed by atoms with Crippen molar-refractivity contribution in [1.29, 1.82) is 0 Å². The molecule has 0 saturated carbocycles. The van der Waals surface area contributed by atoms with Gasteiger partial charge in [0.25, 0.3) is 0 Å². The van der Waals surface area contributed by atoms with Gasteiger partial charge in [-0.05, 0) is 150 Å². The molecule has 7 aromatic carbocycles. The summed E-state index contributed by atoms with van der Waals surface area (Å²) in [5.41, 5.74) is 0.605. The van der Waals surface area contributed by atoms with Crippen molar-refractivity contribution in [2.75, 3.05) is 0 Å². The Bertz CT molecular complexity index is 2960. The molecule has 69 heavy (non-hydrogen) atoms. The van der Waals surface area contributed by atoms with Gasteiger partial charge in [0.15, 0.2) is 0 Å². The fourth-order valence-electron chi connectivity index (χ4n) is 8.51. The molecule has 0 radical (unpaired) electrons. The second kappa shape index (κ2) is 19.0. The lowest BCUT2D eigenvalue weighted by molar-refractivity contribution is -0.275. The van der Waals surface area contributed by atoms with Gasteiger partial charge in [0, 0.05) is 22.7 Å². The second-order valence-electron chi connectivity index (χ2n) is 16.0. The molecular weight excluding hydrogens is 954 g/mol. The maximum atomic E-state index is 16.6. The molecule has 6 nitrogen and oxygen atoms in total. The summed E-state index contributed by atoms with van der Waals surface area (Å²) < 4.78 is 199. The molecule has 0 aliphatic rings. The molecule has 0 amide bonds. The van der Waals surface area contributed by atoms with Crippen LogP contribution in [0.4, 0.5) is 52.7 Å². The van der Waals surface area contributed by atoms with Crippen molar-refractivity contribution in [2.24, 2.45) is 0 Å². The number of benzene rings is 7. The predicted octanol–water partition coefficient (Wildman–Crippen LogP) is 15.4. The molecule has 0 N–H and O–H groups in total. The summed E-state index contributed by atoms with van der Waals surface area (Å²) in [5, 5.41) is 0.666. The third kappa shape index (κ3) is 11.5. The number of nitrogens with zero attached hydrogens (tertiary/aromatic N) is 1. The summed E-state index contributed by atoms with van der Waals surface area (Å²) >= 11 is 0. The van der Waals surface area contributed by atoms with Crippen LogP contribution in [-0.4, -0.2) is 42.2 Å². The van der Waals surface area contributed by atoms with Gasteiger partial charge in [0.2, 0.25) is 7.29 Å². The predicted molar refractivity (Wildman–Crippen MR) is 238 cm³/mol. The van der Waals surface area contributed by atoms with E-state index in [4.69, 9.17) is 0 Å². The van der Waals surface area contributed by atoms with Crippen molar-refractivity contribution >= 4 is 28.7 Å². The summed E-state index contributed by atoms with van der Waals surface area (Å²) in [5.74, 6) is -2.78. The summed E-state index contributed by atoms with van der Waals surface area (Å²) in [6.45, 7) is 7.37. The SMILES string of the molecule is CC(C)N(C(C)C)[P@@](=O)(c1ccccc1)c1ccccc1-c1c(-c2ccc(OC(F)(F)F)cc2)c(-c2ccc(OC(F)(F)F)cc2)c(-c2ccc(OC(F)(F)F)cc2)c2cc(OC(F)(F)F)ccc12. The third-order valence-corrected chi connectivity index (χ3v) is 14.2. The molecule has 0 aromatic heterocycles. The summed E-state index contributed by atoms with van der Waals surface area (Å²) in [6, 6.07) is 30.4. The van der Waals surface area contributed by atoms with Crippen LogP contribution in [0.3, 0.4) is 0 Å². The molecule has 0 bridgehead atoms. The first-order chi connectivity index (χ1) is 32.2. The first kappa shape index (κ1) is 50.2. The normalized spacial score (nSPS) is 13.5. The van der Waals surface area contributed by atoms with E-state index in [0.717, 1.165) is 48.5 Å². The molecule has 0 spiro atoms. The van der Waals surface area contributed by atoms with Crippen LogP contribution >= 0.6 is 7.29 Å². The molecule has 0 unspecified atom stereocenters. The van der Waals surface area contributed by atoms with Crippen molar-refractivity contribution in [3.8, 4) is 67.5 Å². The van der Waals surface area contributed by atoms with Crippen molar-refractivity contribution in [2.45, 2.75) is 65.2 Å². The summed E-state index contributed by atoms with van der Waals surface area (Å²) in [6.07, 6.45) is -20.6. The molecule has 1 atom stereocenters. The van der Waals surface area contributed by atoms with Crippen LogP contribution in [-0.2, 0) is 4.57 Å².